The number of pyridine rings is 1. The molecule has 0 radical (unpaired) electrons. The summed E-state index contributed by atoms with van der Waals surface area (Å²) in [7, 11) is -3.76. The van der Waals surface area contributed by atoms with Gasteiger partial charge in [-0.1, -0.05) is 30.3 Å². The van der Waals surface area contributed by atoms with Gasteiger partial charge in [-0.25, -0.2) is 12.4 Å². The van der Waals surface area contributed by atoms with E-state index < -0.39 is 10.0 Å². The SMILES string of the molecule is O=S(=O)(c1cncc2ccccc12)n1cccc1CCN1CCN(c2cccc3c2OCCO3)CC1. The van der Waals surface area contributed by atoms with Gasteiger partial charge < -0.3 is 14.4 Å². The van der Waals surface area contributed by atoms with Gasteiger partial charge in [-0.2, -0.15) is 0 Å². The summed E-state index contributed by atoms with van der Waals surface area (Å²) in [6.07, 6.45) is 5.40. The molecular formula is C27H28N4O4S. The van der Waals surface area contributed by atoms with Crippen molar-refractivity contribution in [1.29, 1.82) is 0 Å². The topological polar surface area (TPSA) is 76.9 Å². The Morgan fingerprint density at radius 2 is 1.69 bits per heavy atom. The van der Waals surface area contributed by atoms with Crippen molar-refractivity contribution in [3.05, 3.63) is 78.9 Å². The van der Waals surface area contributed by atoms with Crippen LogP contribution in [-0.4, -0.2) is 68.2 Å². The minimum absolute atomic E-state index is 0.226. The molecule has 0 atom stereocenters. The Hall–Kier alpha value is -3.56. The molecule has 4 heterocycles. The van der Waals surface area contributed by atoms with Crippen LogP contribution in [0.3, 0.4) is 0 Å². The zero-order chi connectivity index (χ0) is 24.5. The van der Waals surface area contributed by atoms with E-state index in [1.807, 2.05) is 42.5 Å². The van der Waals surface area contributed by atoms with E-state index in [0.717, 1.165) is 61.0 Å². The van der Waals surface area contributed by atoms with Gasteiger partial charge in [-0.3, -0.25) is 9.88 Å². The number of piperazine rings is 1. The fourth-order valence-corrected chi connectivity index (χ4v) is 6.58. The third-order valence-corrected chi connectivity index (χ3v) is 8.66. The molecule has 4 aromatic rings. The molecule has 2 aliphatic rings. The fourth-order valence-electron chi connectivity index (χ4n) is 5.02. The van der Waals surface area contributed by atoms with E-state index >= 15 is 0 Å². The predicted molar refractivity (Wildman–Crippen MR) is 139 cm³/mol. The highest BCUT2D eigenvalue weighted by Crippen LogP contribution is 2.39. The number of benzene rings is 2. The minimum atomic E-state index is -3.76. The number of hydrogen-bond acceptors (Lipinski definition) is 7. The molecule has 1 fully saturated rings. The van der Waals surface area contributed by atoms with E-state index in [-0.39, 0.29) is 4.90 Å². The first kappa shape index (κ1) is 22.9. The van der Waals surface area contributed by atoms with Crippen molar-refractivity contribution in [3.63, 3.8) is 0 Å². The molecule has 0 bridgehead atoms. The van der Waals surface area contributed by atoms with Crippen molar-refractivity contribution in [3.8, 4) is 11.5 Å². The summed E-state index contributed by atoms with van der Waals surface area (Å²) in [5, 5.41) is 1.49. The van der Waals surface area contributed by atoms with Crippen LogP contribution in [0.4, 0.5) is 5.69 Å². The molecule has 9 heteroatoms. The van der Waals surface area contributed by atoms with E-state index in [1.165, 1.54) is 10.2 Å². The maximum atomic E-state index is 13.6. The molecule has 0 saturated carbocycles. The molecule has 0 unspecified atom stereocenters. The van der Waals surface area contributed by atoms with Gasteiger partial charge in [0.1, 0.15) is 18.1 Å². The van der Waals surface area contributed by atoms with E-state index in [4.69, 9.17) is 9.47 Å². The molecular weight excluding hydrogens is 476 g/mol. The number of rotatable bonds is 6. The average molecular weight is 505 g/mol. The van der Waals surface area contributed by atoms with Crippen LogP contribution >= 0.6 is 0 Å². The highest BCUT2D eigenvalue weighted by atomic mass is 32.2. The molecule has 186 valence electrons. The van der Waals surface area contributed by atoms with Gasteiger partial charge in [-0.15, -0.1) is 0 Å². The third-order valence-electron chi connectivity index (χ3n) is 6.90. The molecule has 2 aromatic carbocycles. The van der Waals surface area contributed by atoms with Crippen LogP contribution in [0, 0.1) is 0 Å². The van der Waals surface area contributed by atoms with Crippen LogP contribution in [0.25, 0.3) is 10.8 Å². The van der Waals surface area contributed by atoms with Gasteiger partial charge >= 0.3 is 0 Å². The Morgan fingerprint density at radius 1 is 0.861 bits per heavy atom. The first-order valence-electron chi connectivity index (χ1n) is 12.2. The molecule has 6 rings (SSSR count). The van der Waals surface area contributed by atoms with Crippen LogP contribution in [0.15, 0.2) is 78.1 Å². The van der Waals surface area contributed by atoms with E-state index in [0.29, 0.717) is 25.0 Å². The van der Waals surface area contributed by atoms with E-state index in [1.54, 1.807) is 18.5 Å². The quantitative estimate of drug-likeness (QED) is 0.398. The predicted octanol–water partition coefficient (Wildman–Crippen LogP) is 3.41. The summed E-state index contributed by atoms with van der Waals surface area (Å²) in [5.74, 6) is 1.65. The van der Waals surface area contributed by atoms with E-state index in [2.05, 4.69) is 20.9 Å². The minimum Gasteiger partial charge on any atom is -0.486 e. The molecule has 2 aromatic heterocycles. The van der Waals surface area contributed by atoms with Crippen molar-refractivity contribution >= 4 is 26.5 Å². The Labute approximate surface area is 210 Å². The van der Waals surface area contributed by atoms with Crippen LogP contribution < -0.4 is 14.4 Å². The lowest BCUT2D eigenvalue weighted by molar-refractivity contribution is 0.171. The van der Waals surface area contributed by atoms with Gasteiger partial charge in [0.2, 0.25) is 0 Å². The zero-order valence-corrected chi connectivity index (χ0v) is 20.7. The number of hydrogen-bond donors (Lipinski definition) is 0. The molecule has 0 N–H and O–H groups in total. The van der Waals surface area contributed by atoms with Gasteiger partial charge in [0.15, 0.2) is 11.5 Å². The fraction of sp³-hybridized carbons (Fsp3) is 0.296. The van der Waals surface area contributed by atoms with Crippen molar-refractivity contribution in [2.45, 2.75) is 11.3 Å². The first-order valence-corrected chi connectivity index (χ1v) is 13.7. The van der Waals surface area contributed by atoms with Crippen molar-refractivity contribution in [1.82, 2.24) is 13.9 Å². The molecule has 36 heavy (non-hydrogen) atoms. The monoisotopic (exact) mass is 504 g/mol. The lowest BCUT2D eigenvalue weighted by Crippen LogP contribution is -2.47. The van der Waals surface area contributed by atoms with Crippen molar-refractivity contribution in [2.75, 3.05) is 50.8 Å². The molecule has 1 saturated heterocycles. The number of fused-ring (bicyclic) bond motifs is 2. The Bertz CT molecular complexity index is 1490. The lowest BCUT2D eigenvalue weighted by Gasteiger charge is -2.37. The van der Waals surface area contributed by atoms with Gasteiger partial charge in [0.05, 0.1) is 5.69 Å². The van der Waals surface area contributed by atoms with Crippen LogP contribution in [0.1, 0.15) is 5.69 Å². The summed E-state index contributed by atoms with van der Waals surface area (Å²) in [6, 6.07) is 17.2. The third kappa shape index (κ3) is 4.18. The molecule has 8 nitrogen and oxygen atoms in total. The molecule has 2 aliphatic heterocycles. The van der Waals surface area contributed by atoms with Gasteiger partial charge in [0.25, 0.3) is 10.0 Å². The van der Waals surface area contributed by atoms with Gasteiger partial charge in [0, 0.05) is 74.2 Å². The van der Waals surface area contributed by atoms with Crippen molar-refractivity contribution < 1.29 is 17.9 Å². The largest absolute Gasteiger partial charge is 0.486 e. The highest BCUT2D eigenvalue weighted by Gasteiger charge is 2.25. The zero-order valence-electron chi connectivity index (χ0n) is 19.9. The maximum Gasteiger partial charge on any atom is 0.269 e. The average Bonchev–Trinajstić information content (AvgIpc) is 3.41. The summed E-state index contributed by atoms with van der Waals surface area (Å²) in [6.45, 7) is 5.48. The molecule has 0 spiro atoms. The number of anilines is 1. The second-order valence-electron chi connectivity index (χ2n) is 9.04. The standard InChI is InChI=1S/C27H28N4O4S/c32-36(33,26-20-28-19-21-5-1-2-7-23(21)26)31-11-4-6-22(31)10-12-29-13-15-30(16-14-29)24-8-3-9-25-27(24)35-18-17-34-25/h1-9,11,19-20H,10,12-18H2. The summed E-state index contributed by atoms with van der Waals surface area (Å²) in [5.41, 5.74) is 1.85. The normalized spacial score (nSPS) is 16.4. The molecule has 0 amide bonds. The van der Waals surface area contributed by atoms with E-state index in [9.17, 15) is 8.42 Å². The van der Waals surface area contributed by atoms with Crippen LogP contribution in [-0.2, 0) is 16.4 Å². The van der Waals surface area contributed by atoms with Gasteiger partial charge in [-0.05, 0) is 24.3 Å². The highest BCUT2D eigenvalue weighted by molar-refractivity contribution is 7.90. The molecule has 0 aliphatic carbocycles. The number of aromatic nitrogens is 2. The second-order valence-corrected chi connectivity index (χ2v) is 10.8. The van der Waals surface area contributed by atoms with Crippen molar-refractivity contribution in [2.24, 2.45) is 0 Å². The smallest absolute Gasteiger partial charge is 0.269 e. The Kier molecular flexibility index (Phi) is 6.02. The Balaban J connectivity index is 1.14. The summed E-state index contributed by atoms with van der Waals surface area (Å²) < 4.78 is 40.2. The van der Waals surface area contributed by atoms with Crippen LogP contribution in [0.2, 0.25) is 0 Å². The Morgan fingerprint density at radius 3 is 2.58 bits per heavy atom. The van der Waals surface area contributed by atoms with Crippen LogP contribution in [0.5, 0.6) is 11.5 Å². The second kappa shape index (κ2) is 9.48. The number of nitrogens with zero attached hydrogens (tertiary/aromatic N) is 4. The first-order chi connectivity index (χ1) is 17.6. The number of para-hydroxylation sites is 1. The summed E-state index contributed by atoms with van der Waals surface area (Å²) >= 11 is 0. The summed E-state index contributed by atoms with van der Waals surface area (Å²) in [4.78, 5) is 9.12. The lowest BCUT2D eigenvalue weighted by atomic mass is 10.2. The maximum absolute atomic E-state index is 13.6. The number of ether oxygens (including phenoxy) is 2.